The van der Waals surface area contributed by atoms with Crippen LogP contribution in [0.5, 0.6) is 0 Å². The Morgan fingerprint density at radius 1 is 1.38 bits per heavy atom. The number of hydrogen-bond donors (Lipinski definition) is 2. The van der Waals surface area contributed by atoms with Crippen molar-refractivity contribution in [2.24, 2.45) is 0 Å². The molecule has 1 aromatic carbocycles. The van der Waals surface area contributed by atoms with Crippen LogP contribution in [0.3, 0.4) is 0 Å². The van der Waals surface area contributed by atoms with E-state index in [2.05, 4.69) is 0 Å². The highest BCUT2D eigenvalue weighted by Crippen LogP contribution is 2.41. The monoisotopic (exact) mass is 220 g/mol. The summed E-state index contributed by atoms with van der Waals surface area (Å²) in [7, 11) is 0. The number of rotatable bonds is 2. The minimum atomic E-state index is -0.882. The molecular formula is C13H16O3. The molecule has 3 heteroatoms. The van der Waals surface area contributed by atoms with Gasteiger partial charge in [0.1, 0.15) is 0 Å². The summed E-state index contributed by atoms with van der Waals surface area (Å²) < 4.78 is 0. The Bertz CT molecular complexity index is 396. The Morgan fingerprint density at radius 2 is 2.00 bits per heavy atom. The lowest BCUT2D eigenvalue weighted by molar-refractivity contribution is -0.144. The Kier molecular flexibility index (Phi) is 2.72. The van der Waals surface area contributed by atoms with Gasteiger partial charge in [-0.1, -0.05) is 29.8 Å². The molecule has 16 heavy (non-hydrogen) atoms. The van der Waals surface area contributed by atoms with Crippen LogP contribution in [0.15, 0.2) is 24.3 Å². The number of aliphatic hydroxyl groups is 1. The summed E-state index contributed by atoms with van der Waals surface area (Å²) in [6.45, 7) is 1.97. The lowest BCUT2D eigenvalue weighted by Crippen LogP contribution is -2.33. The van der Waals surface area contributed by atoms with Gasteiger partial charge in [0, 0.05) is 0 Å². The fourth-order valence-electron chi connectivity index (χ4n) is 2.47. The van der Waals surface area contributed by atoms with Gasteiger partial charge >= 0.3 is 5.97 Å². The highest BCUT2D eigenvalue weighted by atomic mass is 16.4. The van der Waals surface area contributed by atoms with Gasteiger partial charge in [-0.2, -0.15) is 0 Å². The first kappa shape index (κ1) is 11.1. The van der Waals surface area contributed by atoms with E-state index in [4.69, 9.17) is 0 Å². The smallest absolute Gasteiger partial charge is 0.314 e. The molecule has 0 spiro atoms. The molecule has 0 heterocycles. The number of aliphatic carboxylic acids is 1. The van der Waals surface area contributed by atoms with Crippen LogP contribution < -0.4 is 0 Å². The molecule has 1 saturated carbocycles. The van der Waals surface area contributed by atoms with Crippen molar-refractivity contribution in [2.75, 3.05) is 0 Å². The number of aliphatic hydroxyl groups excluding tert-OH is 1. The molecule has 1 aromatic rings. The van der Waals surface area contributed by atoms with E-state index in [-0.39, 0.29) is 0 Å². The summed E-state index contributed by atoms with van der Waals surface area (Å²) in [5.41, 5.74) is 1.04. The third kappa shape index (κ3) is 1.71. The van der Waals surface area contributed by atoms with E-state index in [9.17, 15) is 15.0 Å². The van der Waals surface area contributed by atoms with E-state index in [1.54, 1.807) is 0 Å². The summed E-state index contributed by atoms with van der Waals surface area (Å²) in [5, 5.41) is 19.0. The van der Waals surface area contributed by atoms with Crippen molar-refractivity contribution >= 4 is 5.97 Å². The zero-order valence-corrected chi connectivity index (χ0v) is 9.31. The summed E-state index contributed by atoms with van der Waals surface area (Å²) >= 11 is 0. The van der Waals surface area contributed by atoms with Gasteiger partial charge in [0.05, 0.1) is 11.5 Å². The number of aryl methyl sites for hydroxylation is 1. The minimum absolute atomic E-state index is 0.325. The first-order valence-corrected chi connectivity index (χ1v) is 5.53. The SMILES string of the molecule is Cc1ccc(C2(C(=O)O)CCC(O)C2)cc1. The summed E-state index contributed by atoms with van der Waals surface area (Å²) in [6.07, 6.45) is 0.926. The fraction of sp³-hybridized carbons (Fsp3) is 0.462. The maximum absolute atomic E-state index is 11.4. The van der Waals surface area contributed by atoms with Gasteiger partial charge in [0.2, 0.25) is 0 Å². The second kappa shape index (κ2) is 3.91. The van der Waals surface area contributed by atoms with Gasteiger partial charge in [-0.15, -0.1) is 0 Å². The average molecular weight is 220 g/mol. The molecule has 0 radical (unpaired) electrons. The average Bonchev–Trinajstić information content (AvgIpc) is 2.63. The molecule has 2 atom stereocenters. The summed E-state index contributed by atoms with van der Waals surface area (Å²) in [5.74, 6) is -0.826. The lowest BCUT2D eigenvalue weighted by atomic mass is 9.78. The van der Waals surface area contributed by atoms with Crippen LogP contribution in [0, 0.1) is 6.92 Å². The Hall–Kier alpha value is -1.35. The van der Waals surface area contributed by atoms with Crippen molar-refractivity contribution in [1.82, 2.24) is 0 Å². The maximum atomic E-state index is 11.4. The Labute approximate surface area is 94.7 Å². The van der Waals surface area contributed by atoms with E-state index in [1.165, 1.54) is 0 Å². The molecule has 0 saturated heterocycles. The fourth-order valence-corrected chi connectivity index (χ4v) is 2.47. The van der Waals surface area contributed by atoms with Crippen LogP contribution in [0.4, 0.5) is 0 Å². The van der Waals surface area contributed by atoms with Gasteiger partial charge in [-0.25, -0.2) is 0 Å². The highest BCUT2D eigenvalue weighted by Gasteiger charge is 2.46. The van der Waals surface area contributed by atoms with Crippen LogP contribution in [-0.2, 0) is 10.2 Å². The number of carboxylic acid groups (broad SMARTS) is 1. The molecule has 0 bridgehead atoms. The highest BCUT2D eigenvalue weighted by molar-refractivity contribution is 5.82. The van der Waals surface area contributed by atoms with E-state index < -0.39 is 17.5 Å². The lowest BCUT2D eigenvalue weighted by Gasteiger charge is -2.24. The van der Waals surface area contributed by atoms with Crippen molar-refractivity contribution in [3.8, 4) is 0 Å². The van der Waals surface area contributed by atoms with Gasteiger partial charge < -0.3 is 10.2 Å². The van der Waals surface area contributed by atoms with Crippen molar-refractivity contribution < 1.29 is 15.0 Å². The molecule has 1 aliphatic carbocycles. The van der Waals surface area contributed by atoms with Gasteiger partial charge in [-0.05, 0) is 31.7 Å². The van der Waals surface area contributed by atoms with Crippen LogP contribution in [-0.4, -0.2) is 22.3 Å². The first-order valence-electron chi connectivity index (χ1n) is 5.53. The number of carbonyl (C=O) groups is 1. The van der Waals surface area contributed by atoms with Crippen LogP contribution in [0.25, 0.3) is 0 Å². The van der Waals surface area contributed by atoms with Crippen LogP contribution in [0.2, 0.25) is 0 Å². The molecule has 0 aromatic heterocycles. The molecular weight excluding hydrogens is 204 g/mol. The molecule has 1 fully saturated rings. The molecule has 3 nitrogen and oxygen atoms in total. The topological polar surface area (TPSA) is 57.5 Å². The van der Waals surface area contributed by atoms with Crippen LogP contribution in [0.1, 0.15) is 30.4 Å². The molecule has 2 rings (SSSR count). The standard InChI is InChI=1S/C13H16O3/c1-9-2-4-10(5-3-9)13(12(15)16)7-6-11(14)8-13/h2-5,11,14H,6-8H2,1H3,(H,15,16). The molecule has 86 valence electrons. The van der Waals surface area contributed by atoms with Crippen molar-refractivity contribution in [2.45, 2.75) is 37.7 Å². The van der Waals surface area contributed by atoms with E-state index in [0.29, 0.717) is 19.3 Å². The molecule has 0 amide bonds. The molecule has 0 aliphatic heterocycles. The van der Waals surface area contributed by atoms with Crippen molar-refractivity contribution in [1.29, 1.82) is 0 Å². The maximum Gasteiger partial charge on any atom is 0.314 e. The predicted molar refractivity (Wildman–Crippen MR) is 60.4 cm³/mol. The van der Waals surface area contributed by atoms with E-state index in [0.717, 1.165) is 11.1 Å². The first-order chi connectivity index (χ1) is 7.54. The number of benzene rings is 1. The minimum Gasteiger partial charge on any atom is -0.481 e. The predicted octanol–water partition coefficient (Wildman–Crippen LogP) is 1.86. The summed E-state index contributed by atoms with van der Waals surface area (Å²) in [4.78, 5) is 11.4. The molecule has 2 unspecified atom stereocenters. The quantitative estimate of drug-likeness (QED) is 0.799. The normalized spacial score (nSPS) is 29.2. The number of carboxylic acids is 1. The second-order valence-corrected chi connectivity index (χ2v) is 4.65. The zero-order chi connectivity index (χ0) is 11.8. The van der Waals surface area contributed by atoms with Crippen molar-refractivity contribution in [3.05, 3.63) is 35.4 Å². The van der Waals surface area contributed by atoms with E-state index in [1.807, 2.05) is 31.2 Å². The third-order valence-corrected chi connectivity index (χ3v) is 3.50. The summed E-state index contributed by atoms with van der Waals surface area (Å²) in [6, 6.07) is 7.57. The third-order valence-electron chi connectivity index (χ3n) is 3.50. The Balaban J connectivity index is 2.40. The second-order valence-electron chi connectivity index (χ2n) is 4.65. The zero-order valence-electron chi connectivity index (χ0n) is 9.31. The molecule has 2 N–H and O–H groups in total. The number of hydrogen-bond acceptors (Lipinski definition) is 2. The van der Waals surface area contributed by atoms with Crippen LogP contribution >= 0.6 is 0 Å². The van der Waals surface area contributed by atoms with Gasteiger partial charge in [0.25, 0.3) is 0 Å². The van der Waals surface area contributed by atoms with Gasteiger partial charge in [-0.3, -0.25) is 4.79 Å². The van der Waals surface area contributed by atoms with Crippen molar-refractivity contribution in [3.63, 3.8) is 0 Å². The Morgan fingerprint density at radius 3 is 2.44 bits per heavy atom. The van der Waals surface area contributed by atoms with Gasteiger partial charge in [0.15, 0.2) is 0 Å². The molecule has 1 aliphatic rings. The largest absolute Gasteiger partial charge is 0.481 e. The van der Waals surface area contributed by atoms with E-state index >= 15 is 0 Å².